The van der Waals surface area contributed by atoms with Crippen molar-refractivity contribution in [3.63, 3.8) is 0 Å². The molecular weight excluding hydrogens is 314 g/mol. The third kappa shape index (κ3) is 3.96. The van der Waals surface area contributed by atoms with Gasteiger partial charge in [-0.1, -0.05) is 20.8 Å². The van der Waals surface area contributed by atoms with Gasteiger partial charge in [0.15, 0.2) is 0 Å². The van der Waals surface area contributed by atoms with Crippen LogP contribution in [0.4, 0.5) is 0 Å². The molecule has 0 heterocycles. The Labute approximate surface area is 119 Å². The average molecular weight is 330 g/mol. The van der Waals surface area contributed by atoms with E-state index in [1.54, 1.807) is 20.8 Å². The second-order valence-electron chi connectivity index (χ2n) is 5.28. The standard InChI is InChI=1S/C13H16BrNO4/c1-13(2,3)10(12(18)19)15-11(17)7-4-5-8(14)9(16)6-7/h4-6,10,16H,1-3H3,(H,15,17)(H,18,19)/t10-/m0/s1. The van der Waals surface area contributed by atoms with Crippen molar-refractivity contribution in [3.05, 3.63) is 28.2 Å². The molecular formula is C13H16BrNO4. The first-order valence-corrected chi connectivity index (χ1v) is 6.44. The highest BCUT2D eigenvalue weighted by Gasteiger charge is 2.32. The molecule has 19 heavy (non-hydrogen) atoms. The summed E-state index contributed by atoms with van der Waals surface area (Å²) in [7, 11) is 0. The fourth-order valence-electron chi connectivity index (χ4n) is 1.52. The quantitative estimate of drug-likeness (QED) is 0.794. The van der Waals surface area contributed by atoms with Crippen LogP contribution in [0.1, 0.15) is 31.1 Å². The number of aromatic hydroxyl groups is 1. The van der Waals surface area contributed by atoms with Crippen molar-refractivity contribution in [1.29, 1.82) is 0 Å². The summed E-state index contributed by atoms with van der Waals surface area (Å²) in [5.74, 6) is -1.71. The minimum atomic E-state index is -1.10. The molecule has 0 saturated carbocycles. The fourth-order valence-corrected chi connectivity index (χ4v) is 1.76. The monoisotopic (exact) mass is 329 g/mol. The highest BCUT2D eigenvalue weighted by atomic mass is 79.9. The number of nitrogens with one attached hydrogen (secondary N) is 1. The van der Waals surface area contributed by atoms with Crippen LogP contribution in [-0.2, 0) is 4.79 Å². The van der Waals surface area contributed by atoms with Crippen molar-refractivity contribution in [2.45, 2.75) is 26.8 Å². The Morgan fingerprint density at radius 1 is 1.32 bits per heavy atom. The Bertz CT molecular complexity index is 508. The third-order valence-corrected chi connectivity index (χ3v) is 3.27. The van der Waals surface area contributed by atoms with E-state index in [9.17, 15) is 14.7 Å². The third-order valence-electron chi connectivity index (χ3n) is 2.60. The average Bonchev–Trinajstić information content (AvgIpc) is 2.27. The van der Waals surface area contributed by atoms with E-state index in [-0.39, 0.29) is 11.3 Å². The molecule has 1 rings (SSSR count). The Morgan fingerprint density at radius 2 is 1.89 bits per heavy atom. The normalized spacial score (nSPS) is 12.8. The van der Waals surface area contributed by atoms with Gasteiger partial charge in [-0.2, -0.15) is 0 Å². The predicted molar refractivity (Wildman–Crippen MR) is 74.2 cm³/mol. The van der Waals surface area contributed by atoms with Crippen molar-refractivity contribution in [2.24, 2.45) is 5.41 Å². The van der Waals surface area contributed by atoms with Gasteiger partial charge in [-0.15, -0.1) is 0 Å². The summed E-state index contributed by atoms with van der Waals surface area (Å²) in [5, 5.41) is 21.1. The molecule has 104 valence electrons. The molecule has 6 heteroatoms. The van der Waals surface area contributed by atoms with Crippen LogP contribution in [0.3, 0.4) is 0 Å². The van der Waals surface area contributed by atoms with Gasteiger partial charge >= 0.3 is 5.97 Å². The maximum Gasteiger partial charge on any atom is 0.326 e. The van der Waals surface area contributed by atoms with Crippen molar-refractivity contribution < 1.29 is 19.8 Å². The van der Waals surface area contributed by atoms with E-state index in [2.05, 4.69) is 21.2 Å². The summed E-state index contributed by atoms with van der Waals surface area (Å²) in [5.41, 5.74) is -0.407. The van der Waals surface area contributed by atoms with Gasteiger partial charge in [0.1, 0.15) is 11.8 Å². The molecule has 0 fully saturated rings. The molecule has 0 saturated heterocycles. The van der Waals surface area contributed by atoms with Crippen molar-refractivity contribution >= 4 is 27.8 Å². The molecule has 0 aliphatic carbocycles. The van der Waals surface area contributed by atoms with Crippen LogP contribution in [0, 0.1) is 5.41 Å². The number of carboxylic acid groups (broad SMARTS) is 1. The summed E-state index contributed by atoms with van der Waals surface area (Å²) in [6, 6.07) is 3.30. The van der Waals surface area contributed by atoms with E-state index in [1.165, 1.54) is 18.2 Å². The van der Waals surface area contributed by atoms with Crippen molar-refractivity contribution in [2.75, 3.05) is 0 Å². The van der Waals surface area contributed by atoms with Gasteiger partial charge in [0.05, 0.1) is 4.47 Å². The van der Waals surface area contributed by atoms with E-state index in [0.29, 0.717) is 4.47 Å². The van der Waals surface area contributed by atoms with Crippen LogP contribution in [0.2, 0.25) is 0 Å². The van der Waals surface area contributed by atoms with E-state index in [4.69, 9.17) is 5.11 Å². The Kier molecular flexibility index (Phi) is 4.57. The molecule has 5 nitrogen and oxygen atoms in total. The molecule has 1 atom stereocenters. The van der Waals surface area contributed by atoms with Gasteiger partial charge in [0.2, 0.25) is 0 Å². The largest absolute Gasteiger partial charge is 0.507 e. The maximum atomic E-state index is 12.0. The fraction of sp³-hybridized carbons (Fsp3) is 0.385. The van der Waals surface area contributed by atoms with Crippen LogP contribution >= 0.6 is 15.9 Å². The topological polar surface area (TPSA) is 86.6 Å². The van der Waals surface area contributed by atoms with Gasteiger partial charge in [0.25, 0.3) is 5.91 Å². The van der Waals surface area contributed by atoms with Gasteiger partial charge in [-0.25, -0.2) is 4.79 Å². The Balaban J connectivity index is 2.94. The molecule has 1 aromatic rings. The summed E-state index contributed by atoms with van der Waals surface area (Å²) in [6.45, 7) is 5.18. The number of halogens is 1. The number of amides is 1. The van der Waals surface area contributed by atoms with Crippen LogP contribution in [-0.4, -0.2) is 28.1 Å². The van der Waals surface area contributed by atoms with Crippen LogP contribution in [0.5, 0.6) is 5.75 Å². The summed E-state index contributed by atoms with van der Waals surface area (Å²) in [4.78, 5) is 23.1. The molecule has 0 radical (unpaired) electrons. The molecule has 0 aromatic heterocycles. The molecule has 0 bridgehead atoms. The zero-order chi connectivity index (χ0) is 14.8. The molecule has 0 unspecified atom stereocenters. The van der Waals surface area contributed by atoms with Gasteiger partial charge < -0.3 is 15.5 Å². The lowest BCUT2D eigenvalue weighted by atomic mass is 9.86. The number of hydrogen-bond acceptors (Lipinski definition) is 3. The second kappa shape index (κ2) is 5.61. The van der Waals surface area contributed by atoms with Crippen LogP contribution in [0.25, 0.3) is 0 Å². The van der Waals surface area contributed by atoms with Gasteiger partial charge in [0, 0.05) is 5.56 Å². The van der Waals surface area contributed by atoms with E-state index >= 15 is 0 Å². The van der Waals surface area contributed by atoms with Crippen molar-refractivity contribution in [1.82, 2.24) is 5.32 Å². The first-order valence-electron chi connectivity index (χ1n) is 5.65. The number of hydrogen-bond donors (Lipinski definition) is 3. The molecule has 0 spiro atoms. The van der Waals surface area contributed by atoms with Gasteiger partial charge in [-0.3, -0.25) is 4.79 Å². The van der Waals surface area contributed by atoms with E-state index < -0.39 is 23.3 Å². The zero-order valence-electron chi connectivity index (χ0n) is 10.9. The number of phenols is 1. The SMILES string of the molecule is CC(C)(C)[C@@H](NC(=O)c1ccc(Br)c(O)c1)C(=O)O. The first-order chi connectivity index (χ1) is 8.62. The van der Waals surface area contributed by atoms with Crippen molar-refractivity contribution in [3.8, 4) is 5.75 Å². The molecule has 1 aromatic carbocycles. The highest BCUT2D eigenvalue weighted by molar-refractivity contribution is 9.10. The second-order valence-corrected chi connectivity index (χ2v) is 6.13. The summed E-state index contributed by atoms with van der Waals surface area (Å²) in [6.07, 6.45) is 0. The Hall–Kier alpha value is -1.56. The molecule has 0 aliphatic heterocycles. The zero-order valence-corrected chi connectivity index (χ0v) is 12.5. The Morgan fingerprint density at radius 3 is 2.32 bits per heavy atom. The first kappa shape index (κ1) is 15.5. The van der Waals surface area contributed by atoms with E-state index in [0.717, 1.165) is 0 Å². The lowest BCUT2D eigenvalue weighted by molar-refractivity contribution is -0.142. The molecule has 1 amide bonds. The summed E-state index contributed by atoms with van der Waals surface area (Å²) >= 11 is 3.11. The number of phenolic OH excluding ortho intramolecular Hbond substituents is 1. The number of rotatable bonds is 3. The minimum Gasteiger partial charge on any atom is -0.507 e. The minimum absolute atomic E-state index is 0.0738. The highest BCUT2D eigenvalue weighted by Crippen LogP contribution is 2.25. The van der Waals surface area contributed by atoms with Gasteiger partial charge in [-0.05, 0) is 39.5 Å². The van der Waals surface area contributed by atoms with Crippen LogP contribution in [0.15, 0.2) is 22.7 Å². The number of carboxylic acids is 1. The molecule has 0 aliphatic rings. The lowest BCUT2D eigenvalue weighted by Gasteiger charge is -2.27. The van der Waals surface area contributed by atoms with E-state index in [1.807, 2.05) is 0 Å². The molecule has 3 N–H and O–H groups in total. The smallest absolute Gasteiger partial charge is 0.326 e. The number of carbonyl (C=O) groups is 2. The number of aliphatic carboxylic acids is 1. The maximum absolute atomic E-state index is 12.0. The number of carbonyl (C=O) groups excluding carboxylic acids is 1. The number of benzene rings is 1. The summed E-state index contributed by atoms with van der Waals surface area (Å²) < 4.78 is 0.467. The predicted octanol–water partition coefficient (Wildman–Crippen LogP) is 2.38. The van der Waals surface area contributed by atoms with Crippen LogP contribution < -0.4 is 5.32 Å². The lowest BCUT2D eigenvalue weighted by Crippen LogP contribution is -2.49.